The normalized spacial score (nSPS) is 10.8. The zero-order valence-corrected chi connectivity index (χ0v) is 14.9. The number of carbonyl (C=O) groups excluding carboxylic acids is 1. The number of carboxylic acid groups (broad SMARTS) is 1. The van der Waals surface area contributed by atoms with E-state index >= 15 is 0 Å². The lowest BCUT2D eigenvalue weighted by atomic mass is 10.3. The minimum Gasteiger partial charge on any atom is -0.476 e. The van der Waals surface area contributed by atoms with E-state index in [4.69, 9.17) is 9.52 Å². The molecule has 1 amide bonds. The van der Waals surface area contributed by atoms with Gasteiger partial charge in [0.05, 0.1) is 17.1 Å². The number of hydrogen-bond donors (Lipinski definition) is 2. The first-order chi connectivity index (χ1) is 12.0. The third-order valence-electron chi connectivity index (χ3n) is 3.28. The number of rotatable bonds is 7. The Hall–Kier alpha value is -2.52. The molecule has 3 rings (SSSR count). The van der Waals surface area contributed by atoms with Gasteiger partial charge in [-0.15, -0.1) is 22.7 Å². The number of thiazole rings is 2. The van der Waals surface area contributed by atoms with E-state index in [0.29, 0.717) is 29.4 Å². The number of nitrogens with one attached hydrogen (secondary N) is 1. The van der Waals surface area contributed by atoms with Crippen molar-refractivity contribution in [3.05, 3.63) is 45.0 Å². The van der Waals surface area contributed by atoms with Gasteiger partial charge >= 0.3 is 5.97 Å². The molecule has 0 fully saturated rings. The molecule has 3 aromatic heterocycles. The molecule has 9 heteroatoms. The van der Waals surface area contributed by atoms with Crippen LogP contribution < -0.4 is 5.32 Å². The topological polar surface area (TPSA) is 105 Å². The Balaban J connectivity index is 1.47. The smallest absolute Gasteiger partial charge is 0.355 e. The summed E-state index contributed by atoms with van der Waals surface area (Å²) in [6.07, 6.45) is 0.687. The number of furan rings is 1. The lowest BCUT2D eigenvalue weighted by Crippen LogP contribution is -2.27. The molecule has 25 heavy (non-hydrogen) atoms. The van der Waals surface area contributed by atoms with Gasteiger partial charge in [0.15, 0.2) is 16.5 Å². The van der Waals surface area contributed by atoms with Crippen molar-refractivity contribution in [1.82, 2.24) is 15.3 Å². The third-order valence-corrected chi connectivity index (χ3v) is 5.09. The summed E-state index contributed by atoms with van der Waals surface area (Å²) in [6, 6.07) is 3.73. The van der Waals surface area contributed by atoms with Crippen LogP contribution in [0.25, 0.3) is 10.8 Å². The highest BCUT2D eigenvalue weighted by atomic mass is 32.1. The van der Waals surface area contributed by atoms with E-state index < -0.39 is 5.97 Å². The summed E-state index contributed by atoms with van der Waals surface area (Å²) in [6.45, 7) is 2.27. The van der Waals surface area contributed by atoms with Crippen molar-refractivity contribution in [3.8, 4) is 10.8 Å². The van der Waals surface area contributed by atoms with Crippen LogP contribution in [-0.2, 0) is 17.6 Å². The van der Waals surface area contributed by atoms with Gasteiger partial charge in [-0.25, -0.2) is 14.8 Å². The summed E-state index contributed by atoms with van der Waals surface area (Å²) < 4.78 is 5.52. The predicted octanol–water partition coefficient (Wildman–Crippen LogP) is 2.77. The molecule has 7 nitrogen and oxygen atoms in total. The highest BCUT2D eigenvalue weighted by molar-refractivity contribution is 7.13. The number of carboxylic acids is 1. The zero-order chi connectivity index (χ0) is 17.8. The van der Waals surface area contributed by atoms with E-state index in [0.717, 1.165) is 10.8 Å². The van der Waals surface area contributed by atoms with Gasteiger partial charge in [-0.1, -0.05) is 0 Å². The van der Waals surface area contributed by atoms with Crippen LogP contribution in [0.5, 0.6) is 0 Å². The van der Waals surface area contributed by atoms with E-state index in [1.165, 1.54) is 28.1 Å². The minimum atomic E-state index is -1.04. The van der Waals surface area contributed by atoms with Crippen molar-refractivity contribution >= 4 is 34.6 Å². The third kappa shape index (κ3) is 4.52. The number of hydrogen-bond acceptors (Lipinski definition) is 7. The largest absolute Gasteiger partial charge is 0.476 e. The predicted molar refractivity (Wildman–Crippen MR) is 94.0 cm³/mol. The van der Waals surface area contributed by atoms with Crippen molar-refractivity contribution in [2.45, 2.75) is 19.8 Å². The lowest BCUT2D eigenvalue weighted by Gasteiger charge is -2.02. The monoisotopic (exact) mass is 377 g/mol. The second-order valence-corrected chi connectivity index (χ2v) is 7.06. The SMILES string of the molecule is Cc1ccc(-c2nc(CC(=O)NCCc3nc(C(=O)O)cs3)cs2)o1. The fourth-order valence-corrected chi connectivity index (χ4v) is 3.66. The molecule has 2 N–H and O–H groups in total. The molecule has 0 saturated carbocycles. The molecule has 0 saturated heterocycles. The van der Waals surface area contributed by atoms with E-state index in [1.807, 2.05) is 24.4 Å². The number of amides is 1. The van der Waals surface area contributed by atoms with Gasteiger partial charge in [0, 0.05) is 23.7 Å². The Labute approximate surface area is 151 Å². The number of aromatic carboxylic acids is 1. The van der Waals surface area contributed by atoms with Gasteiger partial charge in [0.2, 0.25) is 5.91 Å². The lowest BCUT2D eigenvalue weighted by molar-refractivity contribution is -0.120. The van der Waals surface area contributed by atoms with Gasteiger partial charge in [-0.3, -0.25) is 4.79 Å². The van der Waals surface area contributed by atoms with Crippen molar-refractivity contribution < 1.29 is 19.1 Å². The van der Waals surface area contributed by atoms with Gasteiger partial charge in [-0.2, -0.15) is 0 Å². The maximum Gasteiger partial charge on any atom is 0.355 e. The van der Waals surface area contributed by atoms with Gasteiger partial charge in [0.1, 0.15) is 5.76 Å². The second-order valence-electron chi connectivity index (χ2n) is 5.26. The van der Waals surface area contributed by atoms with Crippen LogP contribution in [0, 0.1) is 6.92 Å². The molecule has 0 bridgehead atoms. The highest BCUT2D eigenvalue weighted by Gasteiger charge is 2.12. The van der Waals surface area contributed by atoms with Gasteiger partial charge in [-0.05, 0) is 19.1 Å². The van der Waals surface area contributed by atoms with Crippen LogP contribution in [-0.4, -0.2) is 33.5 Å². The number of aryl methyl sites for hydroxylation is 1. The van der Waals surface area contributed by atoms with Gasteiger partial charge < -0.3 is 14.8 Å². The highest BCUT2D eigenvalue weighted by Crippen LogP contribution is 2.25. The molecule has 0 unspecified atom stereocenters. The van der Waals surface area contributed by atoms with Crippen molar-refractivity contribution in [2.24, 2.45) is 0 Å². The zero-order valence-electron chi connectivity index (χ0n) is 13.3. The fraction of sp³-hybridized carbons (Fsp3) is 0.250. The first kappa shape index (κ1) is 17.3. The van der Waals surface area contributed by atoms with Crippen LogP contribution in [0.4, 0.5) is 0 Å². The molecule has 0 aliphatic rings. The van der Waals surface area contributed by atoms with Crippen molar-refractivity contribution in [2.75, 3.05) is 6.54 Å². The first-order valence-electron chi connectivity index (χ1n) is 7.47. The summed E-state index contributed by atoms with van der Waals surface area (Å²) in [5, 5.41) is 16.4. The fourth-order valence-electron chi connectivity index (χ4n) is 2.11. The second kappa shape index (κ2) is 7.58. The Bertz CT molecular complexity index is 897. The van der Waals surface area contributed by atoms with E-state index in [9.17, 15) is 9.59 Å². The standard InChI is InChI=1S/C16H15N3O4S2/c1-9-2-3-12(23-9)15-18-10(7-25-15)6-13(20)17-5-4-14-19-11(8-24-14)16(21)22/h2-3,7-8H,4-6H2,1H3,(H,17,20)(H,21,22). The number of aromatic nitrogens is 2. The van der Waals surface area contributed by atoms with E-state index in [2.05, 4.69) is 15.3 Å². The van der Waals surface area contributed by atoms with Crippen LogP contribution in [0.1, 0.15) is 27.0 Å². The summed E-state index contributed by atoms with van der Waals surface area (Å²) in [4.78, 5) is 31.1. The van der Waals surface area contributed by atoms with Crippen LogP contribution >= 0.6 is 22.7 Å². The molecule has 130 valence electrons. The van der Waals surface area contributed by atoms with E-state index in [-0.39, 0.29) is 18.0 Å². The Morgan fingerprint density at radius 1 is 1.24 bits per heavy atom. The van der Waals surface area contributed by atoms with E-state index in [1.54, 1.807) is 0 Å². The maximum atomic E-state index is 12.0. The molecule has 0 aromatic carbocycles. The summed E-state index contributed by atoms with van der Waals surface area (Å²) in [5.41, 5.74) is 0.725. The van der Waals surface area contributed by atoms with Gasteiger partial charge in [0.25, 0.3) is 0 Å². The molecule has 0 spiro atoms. The van der Waals surface area contributed by atoms with Crippen molar-refractivity contribution in [3.63, 3.8) is 0 Å². The van der Waals surface area contributed by atoms with Crippen LogP contribution in [0.15, 0.2) is 27.3 Å². The number of carbonyl (C=O) groups is 2. The molecule has 0 aliphatic heterocycles. The average molecular weight is 377 g/mol. The summed E-state index contributed by atoms with van der Waals surface area (Å²) >= 11 is 2.71. The molecule has 3 aromatic rings. The molecule has 0 atom stereocenters. The number of nitrogens with zero attached hydrogens (tertiary/aromatic N) is 2. The molecule has 3 heterocycles. The minimum absolute atomic E-state index is 0.0366. The molecular formula is C16H15N3O4S2. The molecule has 0 radical (unpaired) electrons. The van der Waals surface area contributed by atoms with Crippen LogP contribution in [0.3, 0.4) is 0 Å². The van der Waals surface area contributed by atoms with Crippen LogP contribution in [0.2, 0.25) is 0 Å². The van der Waals surface area contributed by atoms with Crippen molar-refractivity contribution in [1.29, 1.82) is 0 Å². The Morgan fingerprint density at radius 3 is 2.76 bits per heavy atom. The summed E-state index contributed by atoms with van der Waals surface area (Å²) in [7, 11) is 0. The quantitative estimate of drug-likeness (QED) is 0.656. The Morgan fingerprint density at radius 2 is 2.08 bits per heavy atom. The summed E-state index contributed by atoms with van der Waals surface area (Å²) in [5.74, 6) is 0.338. The maximum absolute atomic E-state index is 12.0. The molecular weight excluding hydrogens is 362 g/mol. The first-order valence-corrected chi connectivity index (χ1v) is 9.23. The Kier molecular flexibility index (Phi) is 5.25. The molecule has 0 aliphatic carbocycles. The average Bonchev–Trinajstić information content (AvgIpc) is 3.27.